The van der Waals surface area contributed by atoms with Crippen LogP contribution in [-0.4, -0.2) is 4.98 Å². The summed E-state index contributed by atoms with van der Waals surface area (Å²) in [7, 11) is 0. The maximum atomic E-state index is 8.76. The zero-order chi connectivity index (χ0) is 11.4. The van der Waals surface area contributed by atoms with E-state index in [-0.39, 0.29) is 0 Å². The summed E-state index contributed by atoms with van der Waals surface area (Å²) in [5.41, 5.74) is 0.617. The van der Waals surface area contributed by atoms with Crippen molar-refractivity contribution in [2.45, 2.75) is 9.92 Å². The van der Waals surface area contributed by atoms with Crippen molar-refractivity contribution in [2.24, 2.45) is 0 Å². The van der Waals surface area contributed by atoms with E-state index in [1.807, 2.05) is 24.3 Å². The Kier molecular flexibility index (Phi) is 3.45. The second-order valence-corrected chi connectivity index (χ2v) is 4.58. The van der Waals surface area contributed by atoms with Crippen LogP contribution in [0.15, 0.2) is 52.5 Å². The summed E-state index contributed by atoms with van der Waals surface area (Å²) in [6.07, 6.45) is 1.64. The van der Waals surface area contributed by atoms with Crippen molar-refractivity contribution >= 4 is 23.4 Å². The first-order valence-electron chi connectivity index (χ1n) is 4.57. The average molecular weight is 247 g/mol. The van der Waals surface area contributed by atoms with Crippen molar-refractivity contribution in [1.29, 1.82) is 5.26 Å². The summed E-state index contributed by atoms with van der Waals surface area (Å²) in [5, 5.41) is 10.3. The van der Waals surface area contributed by atoms with Crippen molar-refractivity contribution in [3.05, 3.63) is 53.2 Å². The summed E-state index contributed by atoms with van der Waals surface area (Å²) in [6.45, 7) is 0. The number of pyridine rings is 1. The van der Waals surface area contributed by atoms with Gasteiger partial charge in [0.1, 0.15) is 5.03 Å². The molecular weight excluding hydrogens is 240 g/mol. The quantitative estimate of drug-likeness (QED) is 0.810. The second kappa shape index (κ2) is 5.02. The van der Waals surface area contributed by atoms with Crippen molar-refractivity contribution in [3.63, 3.8) is 0 Å². The first-order valence-corrected chi connectivity index (χ1v) is 5.77. The molecule has 0 unspecified atom stereocenters. The third-order valence-electron chi connectivity index (χ3n) is 1.90. The molecule has 2 rings (SSSR count). The van der Waals surface area contributed by atoms with E-state index in [1.165, 1.54) is 11.8 Å². The van der Waals surface area contributed by atoms with E-state index in [1.54, 1.807) is 18.3 Å². The van der Waals surface area contributed by atoms with Crippen LogP contribution in [0.2, 0.25) is 5.02 Å². The van der Waals surface area contributed by atoms with E-state index in [2.05, 4.69) is 11.1 Å². The monoisotopic (exact) mass is 246 g/mol. The summed E-state index contributed by atoms with van der Waals surface area (Å²) < 4.78 is 0. The van der Waals surface area contributed by atoms with Gasteiger partial charge in [0.2, 0.25) is 0 Å². The third-order valence-corrected chi connectivity index (χ3v) is 3.09. The van der Waals surface area contributed by atoms with Crippen LogP contribution < -0.4 is 0 Å². The molecule has 0 atom stereocenters. The van der Waals surface area contributed by atoms with Crippen molar-refractivity contribution in [2.75, 3.05) is 0 Å². The van der Waals surface area contributed by atoms with Crippen LogP contribution in [0.1, 0.15) is 5.56 Å². The molecule has 16 heavy (non-hydrogen) atoms. The van der Waals surface area contributed by atoms with Gasteiger partial charge in [-0.15, -0.1) is 0 Å². The number of halogens is 1. The molecule has 0 aliphatic carbocycles. The third kappa shape index (κ3) is 2.75. The SMILES string of the molecule is N#Cc1ccnc(Sc2ccc(Cl)cc2)c1. The van der Waals surface area contributed by atoms with Gasteiger partial charge in [0, 0.05) is 16.1 Å². The van der Waals surface area contributed by atoms with E-state index < -0.39 is 0 Å². The highest BCUT2D eigenvalue weighted by Gasteiger charge is 2.00. The molecule has 0 saturated heterocycles. The lowest BCUT2D eigenvalue weighted by atomic mass is 10.3. The van der Waals surface area contributed by atoms with Crippen LogP contribution >= 0.6 is 23.4 Å². The maximum absolute atomic E-state index is 8.76. The molecule has 2 nitrogen and oxygen atoms in total. The van der Waals surface area contributed by atoms with Crippen LogP contribution in [-0.2, 0) is 0 Å². The molecule has 0 amide bonds. The number of nitriles is 1. The molecule has 0 saturated carbocycles. The Bertz CT molecular complexity index is 531. The smallest absolute Gasteiger partial charge is 0.102 e. The largest absolute Gasteiger partial charge is 0.250 e. The lowest BCUT2D eigenvalue weighted by molar-refractivity contribution is 1.12. The van der Waals surface area contributed by atoms with Gasteiger partial charge in [-0.25, -0.2) is 4.98 Å². The van der Waals surface area contributed by atoms with Crippen molar-refractivity contribution in [1.82, 2.24) is 4.98 Å². The Balaban J connectivity index is 2.21. The highest BCUT2D eigenvalue weighted by molar-refractivity contribution is 7.99. The van der Waals surface area contributed by atoms with Gasteiger partial charge in [-0.2, -0.15) is 5.26 Å². The van der Waals surface area contributed by atoms with E-state index in [0.29, 0.717) is 10.6 Å². The zero-order valence-electron chi connectivity index (χ0n) is 8.22. The average Bonchev–Trinajstić information content (AvgIpc) is 2.32. The van der Waals surface area contributed by atoms with Crippen LogP contribution in [0.4, 0.5) is 0 Å². The first kappa shape index (κ1) is 11.0. The predicted molar refractivity (Wildman–Crippen MR) is 64.5 cm³/mol. The van der Waals surface area contributed by atoms with Crippen LogP contribution in [0.5, 0.6) is 0 Å². The van der Waals surface area contributed by atoms with E-state index >= 15 is 0 Å². The van der Waals surface area contributed by atoms with Gasteiger partial charge < -0.3 is 0 Å². The number of hydrogen-bond donors (Lipinski definition) is 0. The van der Waals surface area contributed by atoms with Gasteiger partial charge in [0.15, 0.2) is 0 Å². The summed E-state index contributed by atoms with van der Waals surface area (Å²) in [5.74, 6) is 0. The standard InChI is InChI=1S/C12H7ClN2S/c13-10-1-3-11(4-2-10)16-12-7-9(8-14)5-6-15-12/h1-7H. The number of benzene rings is 1. The topological polar surface area (TPSA) is 36.7 Å². The highest BCUT2D eigenvalue weighted by atomic mass is 35.5. The fraction of sp³-hybridized carbons (Fsp3) is 0. The Morgan fingerprint density at radius 2 is 1.94 bits per heavy atom. The van der Waals surface area contributed by atoms with Crippen molar-refractivity contribution < 1.29 is 0 Å². The predicted octanol–water partition coefficient (Wildman–Crippen LogP) is 3.76. The molecule has 1 aromatic heterocycles. The van der Waals surface area contributed by atoms with Crippen LogP contribution in [0.25, 0.3) is 0 Å². The van der Waals surface area contributed by atoms with Gasteiger partial charge in [-0.05, 0) is 36.4 Å². The maximum Gasteiger partial charge on any atom is 0.102 e. The lowest BCUT2D eigenvalue weighted by Crippen LogP contribution is -1.81. The number of aromatic nitrogens is 1. The lowest BCUT2D eigenvalue weighted by Gasteiger charge is -2.00. The Morgan fingerprint density at radius 1 is 1.19 bits per heavy atom. The van der Waals surface area contributed by atoms with Gasteiger partial charge in [-0.1, -0.05) is 23.4 Å². The molecule has 0 radical (unpaired) electrons. The molecule has 0 aliphatic heterocycles. The normalized spacial score (nSPS) is 9.75. The number of hydrogen-bond acceptors (Lipinski definition) is 3. The number of rotatable bonds is 2. The van der Waals surface area contributed by atoms with Gasteiger partial charge in [-0.3, -0.25) is 0 Å². The van der Waals surface area contributed by atoms with E-state index in [9.17, 15) is 0 Å². The molecule has 78 valence electrons. The Hall–Kier alpha value is -1.50. The number of nitrogens with zero attached hydrogens (tertiary/aromatic N) is 2. The van der Waals surface area contributed by atoms with Gasteiger partial charge in [0.25, 0.3) is 0 Å². The van der Waals surface area contributed by atoms with E-state index in [4.69, 9.17) is 16.9 Å². The fourth-order valence-electron chi connectivity index (χ4n) is 1.16. The molecule has 4 heteroatoms. The first-order chi connectivity index (χ1) is 7.78. The fourth-order valence-corrected chi connectivity index (χ4v) is 2.10. The van der Waals surface area contributed by atoms with Crippen LogP contribution in [0, 0.1) is 11.3 Å². The van der Waals surface area contributed by atoms with Gasteiger partial charge >= 0.3 is 0 Å². The minimum absolute atomic E-state index is 0.617. The minimum Gasteiger partial charge on any atom is -0.250 e. The molecule has 0 fully saturated rings. The highest BCUT2D eigenvalue weighted by Crippen LogP contribution is 2.27. The summed E-state index contributed by atoms with van der Waals surface area (Å²) >= 11 is 7.30. The zero-order valence-corrected chi connectivity index (χ0v) is 9.79. The summed E-state index contributed by atoms with van der Waals surface area (Å²) in [6, 6.07) is 13.0. The second-order valence-electron chi connectivity index (χ2n) is 3.05. The molecule has 0 N–H and O–H groups in total. The molecular formula is C12H7ClN2S. The Labute approximate surface area is 103 Å². The van der Waals surface area contributed by atoms with Gasteiger partial charge in [0.05, 0.1) is 11.6 Å². The van der Waals surface area contributed by atoms with E-state index in [0.717, 1.165) is 9.92 Å². The molecule has 1 heterocycles. The Morgan fingerprint density at radius 3 is 2.62 bits per heavy atom. The van der Waals surface area contributed by atoms with Crippen LogP contribution in [0.3, 0.4) is 0 Å². The van der Waals surface area contributed by atoms with Crippen molar-refractivity contribution in [3.8, 4) is 6.07 Å². The molecule has 0 bridgehead atoms. The molecule has 1 aromatic carbocycles. The molecule has 2 aromatic rings. The minimum atomic E-state index is 0.617. The molecule has 0 aliphatic rings. The molecule has 0 spiro atoms. The summed E-state index contributed by atoms with van der Waals surface area (Å²) in [4.78, 5) is 5.23.